The van der Waals surface area contributed by atoms with Gasteiger partial charge in [0.25, 0.3) is 10.0 Å². The summed E-state index contributed by atoms with van der Waals surface area (Å²) in [7, 11) is -4.21. The molecule has 3 rings (SSSR count). The van der Waals surface area contributed by atoms with Gasteiger partial charge in [-0.25, -0.2) is 8.42 Å². The van der Waals surface area contributed by atoms with E-state index in [1.54, 1.807) is 31.2 Å². The molecule has 0 aliphatic heterocycles. The fourth-order valence-electron chi connectivity index (χ4n) is 3.88. The molecule has 0 radical (unpaired) electrons. The van der Waals surface area contributed by atoms with E-state index in [2.05, 4.69) is 5.32 Å². The molecular weight excluding hydrogens is 545 g/mol. The third kappa shape index (κ3) is 7.28. The standard InChI is InChI=1S/C28H31Cl2N3O4S/c1-3-18-31-28(35)21(2)32(19-17-22-11-6-4-7-12-22)26(34)20-33(25-16-10-15-24(29)27(25)30)38(36,37)23-13-8-5-9-14-23/h4-16,21H,3,17-20H2,1-2H3,(H,31,35)/t21-/m0/s1. The number of rotatable bonds is 12. The van der Waals surface area contributed by atoms with Crippen molar-refractivity contribution in [3.05, 3.63) is 94.5 Å². The lowest BCUT2D eigenvalue weighted by atomic mass is 10.1. The highest BCUT2D eigenvalue weighted by Crippen LogP contribution is 2.35. The average Bonchev–Trinajstić information content (AvgIpc) is 2.93. The van der Waals surface area contributed by atoms with Gasteiger partial charge in [0, 0.05) is 13.1 Å². The zero-order valence-corrected chi connectivity index (χ0v) is 23.6. The molecule has 38 heavy (non-hydrogen) atoms. The van der Waals surface area contributed by atoms with Gasteiger partial charge >= 0.3 is 0 Å². The number of halogens is 2. The summed E-state index contributed by atoms with van der Waals surface area (Å²) in [6.07, 6.45) is 1.23. The molecule has 0 aliphatic carbocycles. The fraction of sp³-hybridized carbons (Fsp3) is 0.286. The molecule has 0 aromatic heterocycles. The molecule has 1 atom stereocenters. The van der Waals surface area contributed by atoms with E-state index in [1.807, 2.05) is 37.3 Å². The summed E-state index contributed by atoms with van der Waals surface area (Å²) >= 11 is 12.6. The lowest BCUT2D eigenvalue weighted by molar-refractivity contribution is -0.138. The molecule has 202 valence electrons. The Morgan fingerprint density at radius 2 is 1.55 bits per heavy atom. The van der Waals surface area contributed by atoms with Crippen LogP contribution in [-0.4, -0.2) is 50.8 Å². The zero-order chi connectivity index (χ0) is 27.7. The van der Waals surface area contributed by atoms with Gasteiger partial charge in [-0.2, -0.15) is 0 Å². The number of nitrogens with zero attached hydrogens (tertiary/aromatic N) is 2. The maximum atomic E-state index is 13.8. The van der Waals surface area contributed by atoms with Gasteiger partial charge in [0.1, 0.15) is 12.6 Å². The van der Waals surface area contributed by atoms with E-state index >= 15 is 0 Å². The molecule has 0 spiro atoms. The summed E-state index contributed by atoms with van der Waals surface area (Å²) in [5.74, 6) is -0.859. The molecule has 3 aromatic rings. The van der Waals surface area contributed by atoms with Crippen molar-refractivity contribution in [3.8, 4) is 0 Å². The Kier molecular flexibility index (Phi) is 10.6. The van der Waals surface area contributed by atoms with Gasteiger partial charge < -0.3 is 10.2 Å². The Hall–Kier alpha value is -3.07. The zero-order valence-electron chi connectivity index (χ0n) is 21.3. The van der Waals surface area contributed by atoms with E-state index in [-0.39, 0.29) is 33.1 Å². The van der Waals surface area contributed by atoms with Gasteiger partial charge in [-0.3, -0.25) is 13.9 Å². The molecule has 10 heteroatoms. The van der Waals surface area contributed by atoms with E-state index in [1.165, 1.54) is 29.2 Å². The van der Waals surface area contributed by atoms with Crippen LogP contribution in [-0.2, 0) is 26.0 Å². The first-order valence-corrected chi connectivity index (χ1v) is 14.5. The van der Waals surface area contributed by atoms with Crippen LogP contribution in [0.3, 0.4) is 0 Å². The second-order valence-corrected chi connectivity index (χ2v) is 11.3. The number of hydrogen-bond donors (Lipinski definition) is 1. The van der Waals surface area contributed by atoms with E-state index in [0.29, 0.717) is 13.0 Å². The smallest absolute Gasteiger partial charge is 0.264 e. The third-order valence-electron chi connectivity index (χ3n) is 6.01. The minimum atomic E-state index is -4.21. The van der Waals surface area contributed by atoms with Crippen molar-refractivity contribution < 1.29 is 18.0 Å². The number of hydrogen-bond acceptors (Lipinski definition) is 4. The van der Waals surface area contributed by atoms with E-state index < -0.39 is 28.5 Å². The van der Waals surface area contributed by atoms with Crippen LogP contribution in [0.5, 0.6) is 0 Å². The molecule has 0 unspecified atom stereocenters. The Morgan fingerprint density at radius 1 is 0.921 bits per heavy atom. The molecule has 1 N–H and O–H groups in total. The first-order valence-electron chi connectivity index (χ1n) is 12.3. The molecule has 0 fully saturated rings. The molecule has 0 heterocycles. The highest BCUT2D eigenvalue weighted by molar-refractivity contribution is 7.92. The van der Waals surface area contributed by atoms with Crippen molar-refractivity contribution in [2.75, 3.05) is 23.9 Å². The van der Waals surface area contributed by atoms with E-state index in [4.69, 9.17) is 23.2 Å². The van der Waals surface area contributed by atoms with Crippen molar-refractivity contribution in [2.45, 2.75) is 37.6 Å². The maximum Gasteiger partial charge on any atom is 0.264 e. The minimum Gasteiger partial charge on any atom is -0.354 e. The van der Waals surface area contributed by atoms with Crippen molar-refractivity contribution in [3.63, 3.8) is 0 Å². The van der Waals surface area contributed by atoms with E-state index in [9.17, 15) is 18.0 Å². The van der Waals surface area contributed by atoms with Crippen LogP contribution < -0.4 is 9.62 Å². The first-order chi connectivity index (χ1) is 18.2. The Bertz CT molecular complexity index is 1340. The van der Waals surface area contributed by atoms with E-state index in [0.717, 1.165) is 16.3 Å². The highest BCUT2D eigenvalue weighted by atomic mass is 35.5. The lowest BCUT2D eigenvalue weighted by Crippen LogP contribution is -2.52. The van der Waals surface area contributed by atoms with Gasteiger partial charge in [0.15, 0.2) is 0 Å². The second-order valence-electron chi connectivity index (χ2n) is 8.69. The van der Waals surface area contributed by atoms with Crippen molar-refractivity contribution >= 4 is 50.7 Å². The van der Waals surface area contributed by atoms with Crippen LogP contribution >= 0.6 is 23.2 Å². The van der Waals surface area contributed by atoms with Gasteiger partial charge in [0.2, 0.25) is 11.8 Å². The number of carbonyl (C=O) groups is 2. The van der Waals surface area contributed by atoms with Gasteiger partial charge in [-0.15, -0.1) is 0 Å². The normalized spacial score (nSPS) is 12.0. The summed E-state index contributed by atoms with van der Waals surface area (Å²) in [6, 6.07) is 21.1. The van der Waals surface area contributed by atoms with Crippen LogP contribution in [0.15, 0.2) is 83.8 Å². The monoisotopic (exact) mass is 575 g/mol. The second kappa shape index (κ2) is 13.6. The van der Waals surface area contributed by atoms with Crippen molar-refractivity contribution in [1.82, 2.24) is 10.2 Å². The maximum absolute atomic E-state index is 13.8. The number of anilines is 1. The average molecular weight is 577 g/mol. The summed E-state index contributed by atoms with van der Waals surface area (Å²) in [4.78, 5) is 28.1. The fourth-order valence-corrected chi connectivity index (χ4v) is 5.78. The third-order valence-corrected chi connectivity index (χ3v) is 8.59. The molecule has 3 aromatic carbocycles. The van der Waals surface area contributed by atoms with Crippen LogP contribution in [0, 0.1) is 0 Å². The number of nitrogens with one attached hydrogen (secondary N) is 1. The van der Waals surface area contributed by atoms with Gasteiger partial charge in [-0.1, -0.05) is 84.7 Å². The van der Waals surface area contributed by atoms with Crippen LogP contribution in [0.1, 0.15) is 25.8 Å². The lowest BCUT2D eigenvalue weighted by Gasteiger charge is -2.32. The quantitative estimate of drug-likeness (QED) is 0.322. The summed E-state index contributed by atoms with van der Waals surface area (Å²) in [6.45, 7) is 3.68. The summed E-state index contributed by atoms with van der Waals surface area (Å²) in [5, 5.41) is 2.98. The van der Waals surface area contributed by atoms with Crippen LogP contribution in [0.25, 0.3) is 0 Å². The van der Waals surface area contributed by atoms with Crippen molar-refractivity contribution in [1.29, 1.82) is 0 Å². The largest absolute Gasteiger partial charge is 0.354 e. The SMILES string of the molecule is CCCNC(=O)[C@H](C)N(CCc1ccccc1)C(=O)CN(c1cccc(Cl)c1Cl)S(=O)(=O)c1ccccc1. The molecule has 0 bridgehead atoms. The topological polar surface area (TPSA) is 86.8 Å². The molecule has 2 amide bonds. The molecule has 0 saturated carbocycles. The minimum absolute atomic E-state index is 0.00560. The van der Waals surface area contributed by atoms with Gasteiger partial charge in [-0.05, 0) is 49.6 Å². The molecular formula is C28H31Cl2N3O4S. The van der Waals surface area contributed by atoms with Crippen LogP contribution in [0.4, 0.5) is 5.69 Å². The molecule has 0 aliphatic rings. The van der Waals surface area contributed by atoms with Crippen LogP contribution in [0.2, 0.25) is 10.0 Å². The van der Waals surface area contributed by atoms with Crippen molar-refractivity contribution in [2.24, 2.45) is 0 Å². The predicted molar refractivity (Wildman–Crippen MR) is 152 cm³/mol. The number of amides is 2. The predicted octanol–water partition coefficient (Wildman–Crippen LogP) is 5.17. The Balaban J connectivity index is 1.99. The summed E-state index contributed by atoms with van der Waals surface area (Å²) in [5.41, 5.74) is 1.06. The molecule has 0 saturated heterocycles. The first kappa shape index (κ1) is 29.5. The Labute approximate surface area is 234 Å². The summed E-state index contributed by atoms with van der Waals surface area (Å²) < 4.78 is 28.5. The highest BCUT2D eigenvalue weighted by Gasteiger charge is 2.33. The number of benzene rings is 3. The Morgan fingerprint density at radius 3 is 2.18 bits per heavy atom. The number of carbonyl (C=O) groups excluding carboxylic acids is 2. The molecule has 7 nitrogen and oxygen atoms in total. The number of sulfonamides is 1. The van der Waals surface area contributed by atoms with Gasteiger partial charge in [0.05, 0.1) is 20.6 Å².